The van der Waals surface area contributed by atoms with E-state index in [0.29, 0.717) is 0 Å². The van der Waals surface area contributed by atoms with E-state index in [1.807, 2.05) is 55.6 Å². The van der Waals surface area contributed by atoms with Gasteiger partial charge in [0.1, 0.15) is 5.75 Å². The highest BCUT2D eigenvalue weighted by Crippen LogP contribution is 2.23. The molecule has 0 bridgehead atoms. The summed E-state index contributed by atoms with van der Waals surface area (Å²) < 4.78 is 5.26. The number of nitrogens with one attached hydrogen (secondary N) is 1. The number of ether oxygens (including phenoxy) is 1. The average Bonchev–Trinajstić information content (AvgIpc) is 2.79. The molecule has 31 heavy (non-hydrogen) atoms. The maximum Gasteiger partial charge on any atom is 0.244 e. The van der Waals surface area contributed by atoms with Gasteiger partial charge in [0.25, 0.3) is 0 Å². The van der Waals surface area contributed by atoms with Gasteiger partial charge >= 0.3 is 0 Å². The maximum atomic E-state index is 12.3. The minimum atomic E-state index is -0.0823. The van der Waals surface area contributed by atoms with Gasteiger partial charge in [-0.25, -0.2) is 0 Å². The predicted molar refractivity (Wildman–Crippen MR) is 130 cm³/mol. The number of carbonyl (C=O) groups is 1. The van der Waals surface area contributed by atoms with Crippen LogP contribution in [0.1, 0.15) is 57.1 Å². The number of hydrogen-bond donors (Lipinski definition) is 1. The first kappa shape index (κ1) is 24.1. The van der Waals surface area contributed by atoms with Crippen molar-refractivity contribution in [2.24, 2.45) is 0 Å². The zero-order chi connectivity index (χ0) is 22.3. The second-order valence-corrected chi connectivity index (χ2v) is 7.57. The van der Waals surface area contributed by atoms with E-state index in [9.17, 15) is 4.79 Å². The minimum Gasteiger partial charge on any atom is -0.497 e. The Hall–Kier alpha value is -3.14. The van der Waals surface area contributed by atoms with Crippen LogP contribution in [0.2, 0.25) is 0 Å². The summed E-state index contributed by atoms with van der Waals surface area (Å²) in [4.78, 5) is 16.4. The summed E-state index contributed by atoms with van der Waals surface area (Å²) in [5, 5.41) is 3.01. The van der Waals surface area contributed by atoms with Crippen molar-refractivity contribution < 1.29 is 9.53 Å². The smallest absolute Gasteiger partial charge is 0.244 e. The highest BCUT2D eigenvalue weighted by molar-refractivity contribution is 5.88. The van der Waals surface area contributed by atoms with Crippen molar-refractivity contribution in [2.45, 2.75) is 52.0 Å². The van der Waals surface area contributed by atoms with E-state index in [0.717, 1.165) is 36.1 Å². The summed E-state index contributed by atoms with van der Waals surface area (Å²) in [6, 6.07) is 12.1. The van der Waals surface area contributed by atoms with Crippen molar-refractivity contribution in [1.82, 2.24) is 10.3 Å². The third-order valence-corrected chi connectivity index (χ3v) is 4.93. The Morgan fingerprint density at radius 1 is 1.19 bits per heavy atom. The van der Waals surface area contributed by atoms with Crippen LogP contribution in [-0.4, -0.2) is 24.0 Å². The van der Waals surface area contributed by atoms with E-state index in [1.54, 1.807) is 19.4 Å². The normalized spacial score (nSPS) is 12.9. The molecule has 2 rings (SSSR count). The van der Waals surface area contributed by atoms with Crippen LogP contribution in [-0.2, 0) is 4.79 Å². The Labute approximate surface area is 186 Å². The standard InChI is InChI=1S/C27H34N2O2/c1-4-5-6-13-24(25-16-18-26(31-3)19-17-25)14-8-15-27(30)29-22(2)10-7-11-23-12-9-20-28-21-23/h7-9,11-12,14-22H,4-6,10,13H2,1-3H3,(H,29,30)/t22-/m1/s1. The molecular weight excluding hydrogens is 384 g/mol. The first-order valence-corrected chi connectivity index (χ1v) is 11.0. The van der Waals surface area contributed by atoms with E-state index in [1.165, 1.54) is 18.4 Å². The van der Waals surface area contributed by atoms with E-state index < -0.39 is 0 Å². The highest BCUT2D eigenvalue weighted by Gasteiger charge is 2.04. The SMILES string of the molecule is CCCCCC(=CC=CC(=O)N[C@H](C)CC=Cc1cccnc1)c1ccc(OC)cc1. The van der Waals surface area contributed by atoms with Crippen molar-refractivity contribution in [3.8, 4) is 5.75 Å². The lowest BCUT2D eigenvalue weighted by atomic mass is 9.99. The fourth-order valence-electron chi connectivity index (χ4n) is 3.18. The highest BCUT2D eigenvalue weighted by atomic mass is 16.5. The van der Waals surface area contributed by atoms with E-state index in [-0.39, 0.29) is 11.9 Å². The van der Waals surface area contributed by atoms with Gasteiger partial charge in [-0.2, -0.15) is 0 Å². The quantitative estimate of drug-likeness (QED) is 0.253. The fraction of sp³-hybridized carbons (Fsp3) is 0.333. The molecule has 1 atom stereocenters. The number of carbonyl (C=O) groups excluding carboxylic acids is 1. The average molecular weight is 419 g/mol. The fourth-order valence-corrected chi connectivity index (χ4v) is 3.18. The Kier molecular flexibility index (Phi) is 10.9. The second-order valence-electron chi connectivity index (χ2n) is 7.57. The lowest BCUT2D eigenvalue weighted by Crippen LogP contribution is -2.30. The van der Waals surface area contributed by atoms with Gasteiger partial charge in [-0.15, -0.1) is 0 Å². The molecule has 1 amide bonds. The molecule has 1 aromatic heterocycles. The van der Waals surface area contributed by atoms with Crippen LogP contribution in [0.4, 0.5) is 0 Å². The van der Waals surface area contributed by atoms with Crippen LogP contribution in [0.3, 0.4) is 0 Å². The Morgan fingerprint density at radius 2 is 2.00 bits per heavy atom. The van der Waals surface area contributed by atoms with Gasteiger partial charge in [0.15, 0.2) is 0 Å². The Morgan fingerprint density at radius 3 is 2.68 bits per heavy atom. The molecule has 0 fully saturated rings. The number of methoxy groups -OCH3 is 1. The molecule has 0 aliphatic heterocycles. The zero-order valence-electron chi connectivity index (χ0n) is 18.9. The number of amides is 1. The predicted octanol–water partition coefficient (Wildman–Crippen LogP) is 6.22. The summed E-state index contributed by atoms with van der Waals surface area (Å²) >= 11 is 0. The zero-order valence-corrected chi connectivity index (χ0v) is 18.9. The number of rotatable bonds is 12. The van der Waals surface area contributed by atoms with Crippen LogP contribution < -0.4 is 10.1 Å². The molecule has 0 saturated heterocycles. The topological polar surface area (TPSA) is 51.2 Å². The lowest BCUT2D eigenvalue weighted by molar-refractivity contribution is -0.117. The summed E-state index contributed by atoms with van der Waals surface area (Å²) in [5.74, 6) is 0.763. The van der Waals surface area contributed by atoms with Gasteiger partial charge in [-0.3, -0.25) is 9.78 Å². The van der Waals surface area contributed by atoms with Crippen LogP contribution >= 0.6 is 0 Å². The van der Waals surface area contributed by atoms with Crippen molar-refractivity contribution in [1.29, 1.82) is 0 Å². The molecule has 164 valence electrons. The molecule has 4 nitrogen and oxygen atoms in total. The van der Waals surface area contributed by atoms with Crippen molar-refractivity contribution in [3.63, 3.8) is 0 Å². The monoisotopic (exact) mass is 418 g/mol. The molecule has 1 N–H and O–H groups in total. The van der Waals surface area contributed by atoms with Gasteiger partial charge in [-0.1, -0.05) is 62.3 Å². The van der Waals surface area contributed by atoms with Gasteiger partial charge in [0.2, 0.25) is 5.91 Å². The number of hydrogen-bond acceptors (Lipinski definition) is 3. The third kappa shape index (κ3) is 9.47. The molecule has 0 aliphatic carbocycles. The molecular formula is C27H34N2O2. The summed E-state index contributed by atoms with van der Waals surface area (Å²) in [6.45, 7) is 4.21. The Bertz CT molecular complexity index is 868. The lowest BCUT2D eigenvalue weighted by Gasteiger charge is -2.10. The van der Waals surface area contributed by atoms with Gasteiger partial charge in [0, 0.05) is 24.5 Å². The van der Waals surface area contributed by atoms with Crippen molar-refractivity contribution in [2.75, 3.05) is 7.11 Å². The van der Waals surface area contributed by atoms with E-state index >= 15 is 0 Å². The van der Waals surface area contributed by atoms with Gasteiger partial charge in [0.05, 0.1) is 7.11 Å². The van der Waals surface area contributed by atoms with E-state index in [4.69, 9.17) is 4.74 Å². The van der Waals surface area contributed by atoms with Gasteiger partial charge in [-0.05, 0) is 61.1 Å². The van der Waals surface area contributed by atoms with Crippen molar-refractivity contribution in [3.05, 3.63) is 84.2 Å². The maximum absolute atomic E-state index is 12.3. The number of allylic oxidation sites excluding steroid dienone is 3. The number of unbranched alkanes of at least 4 members (excludes halogenated alkanes) is 2. The van der Waals surface area contributed by atoms with Crippen molar-refractivity contribution >= 4 is 17.6 Å². The molecule has 0 aliphatic rings. The number of pyridine rings is 1. The molecule has 1 aromatic carbocycles. The van der Waals surface area contributed by atoms with E-state index in [2.05, 4.69) is 35.4 Å². The summed E-state index contributed by atoms with van der Waals surface area (Å²) in [6.07, 6.45) is 18.4. The summed E-state index contributed by atoms with van der Waals surface area (Å²) in [7, 11) is 1.67. The Balaban J connectivity index is 1.91. The van der Waals surface area contributed by atoms with Crippen LogP contribution in [0, 0.1) is 0 Å². The number of nitrogens with zero attached hydrogens (tertiary/aromatic N) is 1. The first-order valence-electron chi connectivity index (χ1n) is 11.0. The summed E-state index contributed by atoms with van der Waals surface area (Å²) in [5.41, 5.74) is 3.45. The van der Waals surface area contributed by atoms with Crippen LogP contribution in [0.5, 0.6) is 5.75 Å². The minimum absolute atomic E-state index is 0.0552. The first-order chi connectivity index (χ1) is 15.1. The second kappa shape index (κ2) is 14.0. The number of benzene rings is 1. The van der Waals surface area contributed by atoms with Crippen LogP contribution in [0.15, 0.2) is 73.1 Å². The van der Waals surface area contributed by atoms with Gasteiger partial charge < -0.3 is 10.1 Å². The number of aromatic nitrogens is 1. The molecule has 1 heterocycles. The largest absolute Gasteiger partial charge is 0.497 e. The molecule has 0 saturated carbocycles. The van der Waals surface area contributed by atoms with Crippen LogP contribution in [0.25, 0.3) is 11.6 Å². The molecule has 0 unspecified atom stereocenters. The molecule has 0 spiro atoms. The molecule has 2 aromatic rings. The third-order valence-electron chi connectivity index (χ3n) is 4.93. The molecule has 4 heteroatoms. The molecule has 0 radical (unpaired) electrons.